The van der Waals surface area contributed by atoms with E-state index in [4.69, 9.17) is 5.73 Å². The summed E-state index contributed by atoms with van der Waals surface area (Å²) >= 11 is 0. The Kier molecular flexibility index (Phi) is 6.57. The minimum Gasteiger partial charge on any atom is -0.370 e. The van der Waals surface area contributed by atoms with Gasteiger partial charge in [0.25, 0.3) is 0 Å². The highest BCUT2D eigenvalue weighted by atomic mass is 32.2. The Hall–Kier alpha value is -0.820. The van der Waals surface area contributed by atoms with Crippen LogP contribution < -0.4 is 11.1 Å². The molecule has 112 valence electrons. The van der Waals surface area contributed by atoms with E-state index in [0.717, 1.165) is 19.5 Å². The predicted molar refractivity (Wildman–Crippen MR) is 79.0 cm³/mol. The van der Waals surface area contributed by atoms with Crippen molar-refractivity contribution in [2.45, 2.75) is 20.3 Å². The van der Waals surface area contributed by atoms with Crippen molar-refractivity contribution >= 4 is 15.8 Å². The van der Waals surface area contributed by atoms with Crippen molar-refractivity contribution in [2.24, 2.45) is 16.6 Å². The van der Waals surface area contributed by atoms with Crippen LogP contribution in [0.4, 0.5) is 0 Å². The van der Waals surface area contributed by atoms with Crippen molar-refractivity contribution in [3.8, 4) is 0 Å². The fraction of sp³-hybridized carbons (Fsp3) is 0.917. The molecule has 0 bridgehead atoms. The first kappa shape index (κ1) is 16.2. The summed E-state index contributed by atoms with van der Waals surface area (Å²) in [5.41, 5.74) is 5.74. The van der Waals surface area contributed by atoms with Crippen molar-refractivity contribution in [2.75, 3.05) is 44.2 Å². The van der Waals surface area contributed by atoms with Gasteiger partial charge in [0.1, 0.15) is 0 Å². The van der Waals surface area contributed by atoms with E-state index in [2.05, 4.69) is 29.1 Å². The summed E-state index contributed by atoms with van der Waals surface area (Å²) in [6, 6.07) is 0. The quantitative estimate of drug-likeness (QED) is 0.516. The van der Waals surface area contributed by atoms with Crippen LogP contribution in [0.25, 0.3) is 0 Å². The Bertz CT molecular complexity index is 379. The molecule has 0 aliphatic carbocycles. The second-order valence-electron chi connectivity index (χ2n) is 5.37. The third-order valence-corrected chi connectivity index (χ3v) is 4.77. The minimum atomic E-state index is -2.79. The Labute approximate surface area is 116 Å². The third kappa shape index (κ3) is 7.37. The maximum absolute atomic E-state index is 11.3. The molecule has 1 fully saturated rings. The lowest BCUT2D eigenvalue weighted by Gasteiger charge is -2.26. The van der Waals surface area contributed by atoms with Gasteiger partial charge in [-0.2, -0.15) is 0 Å². The molecule has 7 heteroatoms. The van der Waals surface area contributed by atoms with Crippen LogP contribution in [-0.2, 0) is 9.84 Å². The molecule has 0 atom stereocenters. The average molecular weight is 290 g/mol. The second-order valence-corrected chi connectivity index (χ2v) is 7.67. The zero-order chi connectivity index (χ0) is 14.3. The molecule has 0 amide bonds. The fourth-order valence-corrected chi connectivity index (χ4v) is 3.09. The lowest BCUT2D eigenvalue weighted by atomic mass is 10.1. The van der Waals surface area contributed by atoms with Gasteiger partial charge in [0, 0.05) is 32.7 Å². The Morgan fingerprint density at radius 1 is 1.37 bits per heavy atom. The molecule has 1 saturated heterocycles. The first-order valence-corrected chi connectivity index (χ1v) is 8.68. The van der Waals surface area contributed by atoms with Crippen LogP contribution in [0.15, 0.2) is 4.99 Å². The highest BCUT2D eigenvalue weighted by Crippen LogP contribution is 2.02. The van der Waals surface area contributed by atoms with Crippen LogP contribution in [0.5, 0.6) is 0 Å². The predicted octanol–water partition coefficient (Wildman–Crippen LogP) is -0.333. The van der Waals surface area contributed by atoms with Crippen molar-refractivity contribution in [3.63, 3.8) is 0 Å². The van der Waals surface area contributed by atoms with E-state index in [0.29, 0.717) is 31.5 Å². The van der Waals surface area contributed by atoms with Gasteiger partial charge in [-0.15, -0.1) is 0 Å². The normalized spacial score (nSPS) is 20.7. The molecule has 0 radical (unpaired) electrons. The summed E-state index contributed by atoms with van der Waals surface area (Å²) in [5, 5.41) is 3.06. The summed E-state index contributed by atoms with van der Waals surface area (Å²) in [6.07, 6.45) is 1.03. The van der Waals surface area contributed by atoms with Crippen molar-refractivity contribution in [1.82, 2.24) is 10.2 Å². The molecule has 19 heavy (non-hydrogen) atoms. The number of hydrogen-bond acceptors (Lipinski definition) is 4. The zero-order valence-corrected chi connectivity index (χ0v) is 12.7. The largest absolute Gasteiger partial charge is 0.370 e. The van der Waals surface area contributed by atoms with Gasteiger partial charge in [-0.05, 0) is 12.3 Å². The van der Waals surface area contributed by atoms with Gasteiger partial charge in [0.05, 0.1) is 11.5 Å². The first-order chi connectivity index (χ1) is 8.89. The Morgan fingerprint density at radius 3 is 2.58 bits per heavy atom. The number of hydrogen-bond donors (Lipinski definition) is 2. The van der Waals surface area contributed by atoms with Crippen molar-refractivity contribution in [3.05, 3.63) is 0 Å². The topological polar surface area (TPSA) is 87.8 Å². The second kappa shape index (κ2) is 7.69. The number of aliphatic imine (C=N–C) groups is 1. The zero-order valence-electron chi connectivity index (χ0n) is 11.9. The molecule has 0 aromatic carbocycles. The molecule has 1 rings (SSSR count). The van der Waals surface area contributed by atoms with E-state index in [1.165, 1.54) is 0 Å². The summed E-state index contributed by atoms with van der Waals surface area (Å²) in [5.74, 6) is 1.65. The van der Waals surface area contributed by atoms with Gasteiger partial charge in [0.2, 0.25) is 0 Å². The van der Waals surface area contributed by atoms with Crippen LogP contribution in [0, 0.1) is 5.92 Å². The summed E-state index contributed by atoms with van der Waals surface area (Å²) in [7, 11) is -2.79. The SMILES string of the molecule is CC(C)CCN=C(N)NCCN1CCS(=O)(=O)CC1. The summed E-state index contributed by atoms with van der Waals surface area (Å²) in [4.78, 5) is 6.37. The van der Waals surface area contributed by atoms with Gasteiger partial charge in [-0.25, -0.2) is 8.42 Å². The summed E-state index contributed by atoms with van der Waals surface area (Å²) < 4.78 is 22.5. The fourth-order valence-electron chi connectivity index (χ4n) is 1.82. The molecule has 1 aliphatic rings. The van der Waals surface area contributed by atoms with E-state index in [-0.39, 0.29) is 11.5 Å². The van der Waals surface area contributed by atoms with Crippen molar-refractivity contribution in [1.29, 1.82) is 0 Å². The standard InChI is InChI=1S/C12H26N4O2S/c1-11(2)3-4-14-12(13)15-5-6-16-7-9-19(17,18)10-8-16/h11H,3-10H2,1-2H3,(H3,13,14,15). The van der Waals surface area contributed by atoms with Gasteiger partial charge >= 0.3 is 0 Å². The molecule has 6 nitrogen and oxygen atoms in total. The number of nitrogens with zero attached hydrogens (tertiary/aromatic N) is 2. The molecule has 0 aromatic heterocycles. The lowest BCUT2D eigenvalue weighted by Crippen LogP contribution is -2.44. The van der Waals surface area contributed by atoms with E-state index < -0.39 is 9.84 Å². The molecule has 0 spiro atoms. The van der Waals surface area contributed by atoms with Crippen LogP contribution in [-0.4, -0.2) is 63.5 Å². The minimum absolute atomic E-state index is 0.269. The Balaban J connectivity index is 2.13. The first-order valence-electron chi connectivity index (χ1n) is 6.85. The highest BCUT2D eigenvalue weighted by molar-refractivity contribution is 7.91. The molecule has 0 unspecified atom stereocenters. The number of rotatable bonds is 6. The Morgan fingerprint density at radius 2 is 2.00 bits per heavy atom. The smallest absolute Gasteiger partial charge is 0.188 e. The maximum Gasteiger partial charge on any atom is 0.188 e. The molecule has 0 aromatic rings. The number of nitrogens with one attached hydrogen (secondary N) is 1. The highest BCUT2D eigenvalue weighted by Gasteiger charge is 2.20. The van der Waals surface area contributed by atoms with Gasteiger partial charge in [-0.3, -0.25) is 9.89 Å². The third-order valence-electron chi connectivity index (χ3n) is 3.16. The van der Waals surface area contributed by atoms with E-state index in [1.807, 2.05) is 0 Å². The van der Waals surface area contributed by atoms with Crippen LogP contribution in [0.1, 0.15) is 20.3 Å². The van der Waals surface area contributed by atoms with Crippen LogP contribution in [0.2, 0.25) is 0 Å². The molecule has 3 N–H and O–H groups in total. The number of nitrogens with two attached hydrogens (primary N) is 1. The van der Waals surface area contributed by atoms with Crippen LogP contribution in [0.3, 0.4) is 0 Å². The number of guanidine groups is 1. The van der Waals surface area contributed by atoms with Gasteiger partial charge in [-0.1, -0.05) is 13.8 Å². The van der Waals surface area contributed by atoms with Gasteiger partial charge in [0.15, 0.2) is 15.8 Å². The molecule has 1 aliphatic heterocycles. The van der Waals surface area contributed by atoms with Crippen molar-refractivity contribution < 1.29 is 8.42 Å². The molecular weight excluding hydrogens is 264 g/mol. The monoisotopic (exact) mass is 290 g/mol. The average Bonchev–Trinajstić information content (AvgIpc) is 2.31. The number of sulfone groups is 1. The molecular formula is C12H26N4O2S. The van der Waals surface area contributed by atoms with Crippen LogP contribution >= 0.6 is 0 Å². The van der Waals surface area contributed by atoms with E-state index >= 15 is 0 Å². The van der Waals surface area contributed by atoms with E-state index in [9.17, 15) is 8.42 Å². The summed E-state index contributed by atoms with van der Waals surface area (Å²) in [6.45, 7) is 7.81. The lowest BCUT2D eigenvalue weighted by molar-refractivity contribution is 0.300. The molecule has 0 saturated carbocycles. The molecule has 1 heterocycles. The van der Waals surface area contributed by atoms with Gasteiger partial charge < -0.3 is 11.1 Å². The maximum atomic E-state index is 11.3. The van der Waals surface area contributed by atoms with E-state index in [1.54, 1.807) is 0 Å².